The maximum absolute atomic E-state index is 12.2. The van der Waals surface area contributed by atoms with Gasteiger partial charge in [0.15, 0.2) is 0 Å². The zero-order chi connectivity index (χ0) is 13.0. The molecule has 0 saturated carbocycles. The Kier molecular flexibility index (Phi) is 3.79. The van der Waals surface area contributed by atoms with Crippen LogP contribution in [0.1, 0.15) is 10.5 Å². The monoisotopic (exact) mass is 244 g/mol. The number of carbonyl (C=O) groups excluding carboxylic acids is 1. The Bertz CT molecular complexity index is 527. The van der Waals surface area contributed by atoms with Crippen molar-refractivity contribution in [2.75, 3.05) is 19.7 Å². The molecule has 1 heterocycles. The van der Waals surface area contributed by atoms with E-state index in [1.54, 1.807) is 11.0 Å². The average molecular weight is 244 g/mol. The van der Waals surface area contributed by atoms with Crippen LogP contribution in [-0.4, -0.2) is 40.6 Å². The van der Waals surface area contributed by atoms with E-state index in [0.29, 0.717) is 18.8 Å². The number of amides is 1. The number of carbonyl (C=O) groups is 1. The molecular formula is C14H16N2O2. The zero-order valence-corrected chi connectivity index (χ0v) is 10.1. The third-order valence-corrected chi connectivity index (χ3v) is 2.77. The summed E-state index contributed by atoms with van der Waals surface area (Å²) in [4.78, 5) is 16.9. The first-order valence-corrected chi connectivity index (χ1v) is 5.85. The number of fused-ring (bicyclic) bond motifs is 1. The molecule has 0 aliphatic heterocycles. The van der Waals surface area contributed by atoms with Gasteiger partial charge in [0.05, 0.1) is 6.61 Å². The molecule has 4 heteroatoms. The highest BCUT2D eigenvalue weighted by Crippen LogP contribution is 2.15. The molecule has 1 aromatic carbocycles. The summed E-state index contributed by atoms with van der Waals surface area (Å²) in [5.41, 5.74) is 1.47. The van der Waals surface area contributed by atoms with Crippen molar-refractivity contribution in [3.63, 3.8) is 0 Å². The fraction of sp³-hybridized carbons (Fsp3) is 0.214. The third-order valence-electron chi connectivity index (χ3n) is 2.77. The van der Waals surface area contributed by atoms with Crippen molar-refractivity contribution in [1.82, 2.24) is 9.88 Å². The summed E-state index contributed by atoms with van der Waals surface area (Å²) in [5, 5.41) is 9.96. The van der Waals surface area contributed by atoms with Crippen LogP contribution in [0.25, 0.3) is 10.9 Å². The molecule has 0 saturated heterocycles. The van der Waals surface area contributed by atoms with Crippen LogP contribution in [0, 0.1) is 0 Å². The zero-order valence-electron chi connectivity index (χ0n) is 10.1. The van der Waals surface area contributed by atoms with Crippen LogP contribution >= 0.6 is 0 Å². The lowest BCUT2D eigenvalue weighted by Crippen LogP contribution is -2.33. The Morgan fingerprint density at radius 2 is 2.22 bits per heavy atom. The van der Waals surface area contributed by atoms with Crippen molar-refractivity contribution in [2.24, 2.45) is 0 Å². The first-order valence-electron chi connectivity index (χ1n) is 5.85. The van der Waals surface area contributed by atoms with Crippen LogP contribution in [0.3, 0.4) is 0 Å². The number of aromatic amines is 1. The van der Waals surface area contributed by atoms with Gasteiger partial charge in [0, 0.05) is 24.0 Å². The number of benzene rings is 1. The standard InChI is InChI=1S/C14H16N2O2/c1-2-7-16(8-9-17)14(18)13-10-11-5-3-4-6-12(11)15-13/h2-6,10,15,17H,1,7-9H2. The highest BCUT2D eigenvalue weighted by molar-refractivity contribution is 5.98. The second-order valence-electron chi connectivity index (χ2n) is 4.03. The highest BCUT2D eigenvalue weighted by Gasteiger charge is 2.16. The molecule has 0 unspecified atom stereocenters. The minimum Gasteiger partial charge on any atom is -0.395 e. The van der Waals surface area contributed by atoms with E-state index in [0.717, 1.165) is 10.9 Å². The lowest BCUT2D eigenvalue weighted by Gasteiger charge is -2.18. The number of rotatable bonds is 5. The summed E-state index contributed by atoms with van der Waals surface area (Å²) >= 11 is 0. The molecule has 2 N–H and O–H groups in total. The molecule has 0 aliphatic rings. The number of aliphatic hydroxyl groups excluding tert-OH is 1. The lowest BCUT2D eigenvalue weighted by molar-refractivity contribution is 0.0738. The number of aliphatic hydroxyl groups is 1. The minimum absolute atomic E-state index is 0.0557. The number of nitrogens with one attached hydrogen (secondary N) is 1. The Morgan fingerprint density at radius 3 is 2.89 bits per heavy atom. The van der Waals surface area contributed by atoms with E-state index in [1.807, 2.05) is 30.3 Å². The molecule has 0 atom stereocenters. The molecule has 2 aromatic rings. The topological polar surface area (TPSA) is 56.3 Å². The van der Waals surface area contributed by atoms with Crippen LogP contribution < -0.4 is 0 Å². The SMILES string of the molecule is C=CCN(CCO)C(=O)c1cc2ccccc2[nH]1. The minimum atomic E-state index is -0.125. The molecule has 0 radical (unpaired) electrons. The second kappa shape index (κ2) is 5.51. The molecular weight excluding hydrogens is 228 g/mol. The van der Waals surface area contributed by atoms with Gasteiger partial charge in [-0.2, -0.15) is 0 Å². The maximum Gasteiger partial charge on any atom is 0.270 e. The summed E-state index contributed by atoms with van der Waals surface area (Å²) in [6, 6.07) is 9.55. The first kappa shape index (κ1) is 12.4. The Morgan fingerprint density at radius 1 is 1.44 bits per heavy atom. The summed E-state index contributed by atoms with van der Waals surface area (Å²) in [6.07, 6.45) is 1.65. The Labute approximate surface area is 106 Å². The molecule has 1 aromatic heterocycles. The number of para-hydroxylation sites is 1. The number of nitrogens with zero attached hydrogens (tertiary/aromatic N) is 1. The van der Waals surface area contributed by atoms with Crippen LogP contribution in [0.2, 0.25) is 0 Å². The largest absolute Gasteiger partial charge is 0.395 e. The van der Waals surface area contributed by atoms with Crippen molar-refractivity contribution in [2.45, 2.75) is 0 Å². The lowest BCUT2D eigenvalue weighted by atomic mass is 10.2. The van der Waals surface area contributed by atoms with Crippen LogP contribution in [0.4, 0.5) is 0 Å². The van der Waals surface area contributed by atoms with Gasteiger partial charge in [-0.25, -0.2) is 0 Å². The van der Waals surface area contributed by atoms with Gasteiger partial charge < -0.3 is 15.0 Å². The molecule has 1 amide bonds. The predicted octanol–water partition coefficient (Wildman–Crippen LogP) is 1.79. The molecule has 94 valence electrons. The Balaban J connectivity index is 2.28. The van der Waals surface area contributed by atoms with E-state index < -0.39 is 0 Å². The van der Waals surface area contributed by atoms with Crippen molar-refractivity contribution in [3.05, 3.63) is 48.7 Å². The van der Waals surface area contributed by atoms with Gasteiger partial charge in [-0.1, -0.05) is 24.3 Å². The van der Waals surface area contributed by atoms with Crippen LogP contribution in [0.15, 0.2) is 43.0 Å². The number of H-pyrrole nitrogens is 1. The van der Waals surface area contributed by atoms with Gasteiger partial charge in [0.25, 0.3) is 5.91 Å². The summed E-state index contributed by atoms with van der Waals surface area (Å²) in [6.45, 7) is 4.29. The van der Waals surface area contributed by atoms with Gasteiger partial charge in [-0.05, 0) is 12.1 Å². The molecule has 0 aliphatic carbocycles. The average Bonchev–Trinajstić information content (AvgIpc) is 2.81. The molecule has 4 nitrogen and oxygen atoms in total. The first-order chi connectivity index (χ1) is 8.76. The predicted molar refractivity (Wildman–Crippen MR) is 71.5 cm³/mol. The highest BCUT2D eigenvalue weighted by atomic mass is 16.3. The maximum atomic E-state index is 12.2. The Hall–Kier alpha value is -2.07. The number of hydrogen-bond donors (Lipinski definition) is 2. The second-order valence-corrected chi connectivity index (χ2v) is 4.03. The van der Waals surface area contributed by atoms with Crippen LogP contribution in [-0.2, 0) is 0 Å². The van der Waals surface area contributed by atoms with Crippen molar-refractivity contribution < 1.29 is 9.90 Å². The summed E-state index contributed by atoms with van der Waals surface area (Å²) in [7, 11) is 0. The van der Waals surface area contributed by atoms with Gasteiger partial charge in [-0.15, -0.1) is 6.58 Å². The molecule has 2 rings (SSSR count). The fourth-order valence-electron chi connectivity index (χ4n) is 1.91. The summed E-state index contributed by atoms with van der Waals surface area (Å²) in [5.74, 6) is -0.125. The van der Waals surface area contributed by atoms with E-state index in [9.17, 15) is 4.79 Å². The van der Waals surface area contributed by atoms with Crippen molar-refractivity contribution in [3.8, 4) is 0 Å². The van der Waals surface area contributed by atoms with E-state index in [2.05, 4.69) is 11.6 Å². The van der Waals surface area contributed by atoms with E-state index in [4.69, 9.17) is 5.11 Å². The number of hydrogen-bond acceptors (Lipinski definition) is 2. The van der Waals surface area contributed by atoms with E-state index >= 15 is 0 Å². The molecule has 0 bridgehead atoms. The van der Waals surface area contributed by atoms with Crippen molar-refractivity contribution >= 4 is 16.8 Å². The molecule has 0 spiro atoms. The van der Waals surface area contributed by atoms with Gasteiger partial charge in [-0.3, -0.25) is 4.79 Å². The number of aromatic nitrogens is 1. The van der Waals surface area contributed by atoms with E-state index in [-0.39, 0.29) is 12.5 Å². The van der Waals surface area contributed by atoms with Crippen LogP contribution in [0.5, 0.6) is 0 Å². The smallest absolute Gasteiger partial charge is 0.270 e. The third kappa shape index (κ3) is 2.43. The quantitative estimate of drug-likeness (QED) is 0.788. The van der Waals surface area contributed by atoms with Gasteiger partial charge >= 0.3 is 0 Å². The van der Waals surface area contributed by atoms with Gasteiger partial charge in [0.2, 0.25) is 0 Å². The molecule has 0 fully saturated rings. The fourth-order valence-corrected chi connectivity index (χ4v) is 1.91. The van der Waals surface area contributed by atoms with E-state index in [1.165, 1.54) is 0 Å². The van der Waals surface area contributed by atoms with Crippen molar-refractivity contribution in [1.29, 1.82) is 0 Å². The summed E-state index contributed by atoms with van der Waals surface area (Å²) < 4.78 is 0. The molecule has 18 heavy (non-hydrogen) atoms. The van der Waals surface area contributed by atoms with Gasteiger partial charge in [0.1, 0.15) is 5.69 Å². The normalized spacial score (nSPS) is 10.5.